The lowest BCUT2D eigenvalue weighted by Crippen LogP contribution is -1.92. The molecule has 0 N–H and O–H groups in total. The van der Waals surface area contributed by atoms with Crippen molar-refractivity contribution >= 4 is 53.9 Å². The van der Waals surface area contributed by atoms with Gasteiger partial charge in [-0.3, -0.25) is 0 Å². The third kappa shape index (κ3) is 4.69. The standard InChI is InChI=1S/C50H32/c1-3-14-36-29-38(25-23-33(36)11-1)39-27-28-47-48(32-39)50(42-26-24-34-12-2-4-15-37(34)30-42)46-21-8-7-20-45(46)49(47)41-18-9-17-40(31-41)44-22-10-16-35-13-5-6-19-43(35)44/h1-32H/i7D,8D,20D,21D,27D,28D,32D. The third-order valence-electron chi connectivity index (χ3n) is 9.83. The first kappa shape index (κ1) is 22.2. The number of rotatable bonds is 4. The molecule has 0 saturated carbocycles. The Morgan fingerprint density at radius 1 is 0.300 bits per heavy atom. The normalized spacial score (nSPS) is 13.6. The van der Waals surface area contributed by atoms with Crippen LogP contribution in [0.3, 0.4) is 0 Å². The van der Waals surface area contributed by atoms with Gasteiger partial charge in [0.2, 0.25) is 0 Å². The fraction of sp³-hybridized carbons (Fsp3) is 0. The minimum absolute atomic E-state index is 0.0187. The van der Waals surface area contributed by atoms with Gasteiger partial charge in [-0.15, -0.1) is 0 Å². The van der Waals surface area contributed by atoms with Gasteiger partial charge in [0.1, 0.15) is 0 Å². The van der Waals surface area contributed by atoms with E-state index in [2.05, 4.69) is 24.3 Å². The summed E-state index contributed by atoms with van der Waals surface area (Å²) < 4.78 is 66.4. The van der Waals surface area contributed by atoms with Gasteiger partial charge in [0.15, 0.2) is 0 Å². The van der Waals surface area contributed by atoms with Crippen LogP contribution in [0, 0.1) is 0 Å². The Morgan fingerprint density at radius 3 is 1.60 bits per heavy atom. The van der Waals surface area contributed by atoms with E-state index in [-0.39, 0.29) is 58.6 Å². The minimum atomic E-state index is -0.390. The van der Waals surface area contributed by atoms with Crippen LogP contribution in [0.2, 0.25) is 0 Å². The predicted octanol–water partition coefficient (Wildman–Crippen LogP) is 14.1. The topological polar surface area (TPSA) is 0 Å². The highest BCUT2D eigenvalue weighted by molar-refractivity contribution is 6.22. The van der Waals surface area contributed by atoms with Crippen molar-refractivity contribution < 1.29 is 9.60 Å². The Balaban J connectivity index is 1.41. The van der Waals surface area contributed by atoms with Crippen molar-refractivity contribution in [2.45, 2.75) is 0 Å². The molecule has 50 heavy (non-hydrogen) atoms. The zero-order valence-corrected chi connectivity index (χ0v) is 26.9. The van der Waals surface area contributed by atoms with Crippen molar-refractivity contribution in [3.05, 3.63) is 194 Å². The molecule has 10 aromatic carbocycles. The molecule has 0 radical (unpaired) electrons. The molecule has 0 aliphatic heterocycles. The molecule has 0 aromatic heterocycles. The molecule has 0 unspecified atom stereocenters. The Bertz CT molecular complexity index is 3330. The maximum Gasteiger partial charge on any atom is 0.0636 e. The molecule has 10 aromatic rings. The van der Waals surface area contributed by atoms with E-state index in [9.17, 15) is 6.85 Å². The van der Waals surface area contributed by atoms with E-state index in [1.54, 1.807) is 0 Å². The largest absolute Gasteiger partial charge is 0.0636 e. The van der Waals surface area contributed by atoms with E-state index in [4.69, 9.17) is 2.74 Å². The first-order valence-electron chi connectivity index (χ1n) is 20.3. The van der Waals surface area contributed by atoms with Crippen LogP contribution >= 0.6 is 0 Å². The van der Waals surface area contributed by atoms with Crippen LogP contribution in [-0.4, -0.2) is 0 Å². The molecule has 0 heteroatoms. The van der Waals surface area contributed by atoms with Crippen molar-refractivity contribution in [2.24, 2.45) is 0 Å². The van der Waals surface area contributed by atoms with Crippen LogP contribution in [0.5, 0.6) is 0 Å². The summed E-state index contributed by atoms with van der Waals surface area (Å²) in [7, 11) is 0. The van der Waals surface area contributed by atoms with Crippen LogP contribution in [0.15, 0.2) is 194 Å². The van der Waals surface area contributed by atoms with Gasteiger partial charge in [0.05, 0.1) is 9.60 Å². The zero-order chi connectivity index (χ0) is 39.1. The SMILES string of the molecule is [2H]c1c([2H])c([2H])c2c(-c3ccc4ccccc4c3)c3c([2H])c(-c4ccc5ccccc5c4)c([2H])c([2H])c3c(-c3cccc(-c4cccc5ccccc45)c3)c2c1[2H]. The molecular weight excluding hydrogens is 601 g/mol. The summed E-state index contributed by atoms with van der Waals surface area (Å²) in [5.74, 6) is 0. The Morgan fingerprint density at radius 2 is 0.840 bits per heavy atom. The van der Waals surface area contributed by atoms with E-state index in [0.717, 1.165) is 43.4 Å². The predicted molar refractivity (Wildman–Crippen MR) is 216 cm³/mol. The summed E-state index contributed by atoms with van der Waals surface area (Å²) in [5, 5.41) is 7.18. The van der Waals surface area contributed by atoms with E-state index in [0.29, 0.717) is 38.6 Å². The molecule has 0 heterocycles. The molecule has 0 aliphatic carbocycles. The van der Waals surface area contributed by atoms with Gasteiger partial charge < -0.3 is 0 Å². The average Bonchev–Trinajstić information content (AvgIpc) is 3.25. The second kappa shape index (κ2) is 11.6. The zero-order valence-electron chi connectivity index (χ0n) is 33.9. The van der Waals surface area contributed by atoms with E-state index < -0.39 is 0 Å². The smallest absolute Gasteiger partial charge is 0.0616 e. The van der Waals surface area contributed by atoms with Crippen molar-refractivity contribution in [1.82, 2.24) is 0 Å². The number of benzene rings is 10. The van der Waals surface area contributed by atoms with Crippen molar-refractivity contribution in [1.29, 1.82) is 0 Å². The maximum atomic E-state index is 10.1. The van der Waals surface area contributed by atoms with Gasteiger partial charge in [0, 0.05) is 0 Å². The molecule has 0 spiro atoms. The highest BCUT2D eigenvalue weighted by Gasteiger charge is 2.18. The number of fused-ring (bicyclic) bond motifs is 5. The first-order chi connectivity index (χ1) is 27.7. The highest BCUT2D eigenvalue weighted by Crippen LogP contribution is 2.46. The molecule has 232 valence electrons. The lowest BCUT2D eigenvalue weighted by molar-refractivity contribution is 1.63. The van der Waals surface area contributed by atoms with Crippen molar-refractivity contribution in [3.63, 3.8) is 0 Å². The third-order valence-corrected chi connectivity index (χ3v) is 9.83. The maximum absolute atomic E-state index is 10.1. The quantitative estimate of drug-likeness (QED) is 0.168. The Labute approximate surface area is 301 Å². The van der Waals surface area contributed by atoms with Gasteiger partial charge in [0.25, 0.3) is 0 Å². The lowest BCUT2D eigenvalue weighted by atomic mass is 9.84. The number of hydrogen-bond acceptors (Lipinski definition) is 0. The molecule has 0 nitrogen and oxygen atoms in total. The van der Waals surface area contributed by atoms with Gasteiger partial charge in [-0.05, 0) is 123 Å². The second-order valence-electron chi connectivity index (χ2n) is 12.7. The van der Waals surface area contributed by atoms with Crippen LogP contribution in [0.1, 0.15) is 9.60 Å². The molecule has 0 aliphatic rings. The molecule has 0 amide bonds. The van der Waals surface area contributed by atoms with E-state index in [1.165, 1.54) is 0 Å². The van der Waals surface area contributed by atoms with Crippen LogP contribution < -0.4 is 0 Å². The molecule has 0 saturated heterocycles. The minimum Gasteiger partial charge on any atom is -0.0616 e. The second-order valence-corrected chi connectivity index (χ2v) is 12.7. The lowest BCUT2D eigenvalue weighted by Gasteiger charge is -2.19. The Hall–Kier alpha value is -6.50. The highest BCUT2D eigenvalue weighted by atomic mass is 14.2. The fourth-order valence-electron chi connectivity index (χ4n) is 7.45. The Kier molecular flexibility index (Phi) is 5.14. The van der Waals surface area contributed by atoms with E-state index in [1.807, 2.05) is 127 Å². The molecule has 0 atom stereocenters. The average molecular weight is 640 g/mol. The number of hydrogen-bond donors (Lipinski definition) is 0. The summed E-state index contributed by atoms with van der Waals surface area (Å²) in [6.45, 7) is 0. The van der Waals surface area contributed by atoms with Gasteiger partial charge in [-0.25, -0.2) is 0 Å². The summed E-state index contributed by atoms with van der Waals surface area (Å²) >= 11 is 0. The molecule has 0 bridgehead atoms. The van der Waals surface area contributed by atoms with Crippen LogP contribution in [0.25, 0.3) is 98.4 Å². The summed E-state index contributed by atoms with van der Waals surface area (Å²) in [6, 6.07) is 48.1. The molecule has 10 rings (SSSR count). The van der Waals surface area contributed by atoms with Crippen molar-refractivity contribution in [3.8, 4) is 44.5 Å². The molecule has 0 fully saturated rings. The summed E-state index contributed by atoms with van der Waals surface area (Å²) in [6.07, 6.45) is 0. The van der Waals surface area contributed by atoms with Crippen LogP contribution in [0.4, 0.5) is 0 Å². The first-order valence-corrected chi connectivity index (χ1v) is 16.8. The summed E-state index contributed by atoms with van der Waals surface area (Å²) in [4.78, 5) is 0. The summed E-state index contributed by atoms with van der Waals surface area (Å²) in [5.41, 5.74) is 4.90. The van der Waals surface area contributed by atoms with Crippen molar-refractivity contribution in [2.75, 3.05) is 0 Å². The fourth-order valence-corrected chi connectivity index (χ4v) is 7.45. The van der Waals surface area contributed by atoms with E-state index >= 15 is 0 Å². The van der Waals surface area contributed by atoms with Crippen LogP contribution in [-0.2, 0) is 0 Å². The van der Waals surface area contributed by atoms with Gasteiger partial charge >= 0.3 is 0 Å². The van der Waals surface area contributed by atoms with Gasteiger partial charge in [-0.2, -0.15) is 0 Å². The monoisotopic (exact) mass is 639 g/mol. The molecular formula is C50H32. The van der Waals surface area contributed by atoms with Gasteiger partial charge in [-0.1, -0.05) is 170 Å².